The van der Waals surface area contributed by atoms with Crippen LogP contribution in [-0.4, -0.2) is 37.9 Å². The zero-order chi connectivity index (χ0) is 24.4. The average molecular weight is 451 g/mol. The number of benzene rings is 2. The van der Waals surface area contributed by atoms with Gasteiger partial charge in [-0.05, 0) is 56.2 Å². The Kier molecular flexibility index (Phi) is 9.63. The van der Waals surface area contributed by atoms with Crippen molar-refractivity contribution in [2.24, 2.45) is 0 Å². The van der Waals surface area contributed by atoms with Crippen molar-refractivity contribution in [2.45, 2.75) is 26.9 Å². The van der Waals surface area contributed by atoms with Gasteiger partial charge in [-0.15, -0.1) is 0 Å². The second-order valence-electron chi connectivity index (χ2n) is 7.81. The van der Waals surface area contributed by atoms with Crippen molar-refractivity contribution in [3.63, 3.8) is 0 Å². The fraction of sp³-hybridized carbons (Fsp3) is 0.259. The lowest BCUT2D eigenvalue weighted by molar-refractivity contribution is -0.142. The highest BCUT2D eigenvalue weighted by Gasteiger charge is 2.15. The molecule has 0 spiro atoms. The van der Waals surface area contributed by atoms with Crippen molar-refractivity contribution in [3.8, 4) is 22.6 Å². The Morgan fingerprint density at radius 2 is 1.27 bits per heavy atom. The van der Waals surface area contributed by atoms with E-state index in [0.29, 0.717) is 29.3 Å². The third-order valence-electron chi connectivity index (χ3n) is 4.30. The van der Waals surface area contributed by atoms with Gasteiger partial charge >= 0.3 is 11.9 Å². The Morgan fingerprint density at radius 3 is 1.76 bits per heavy atom. The van der Waals surface area contributed by atoms with Gasteiger partial charge in [0, 0.05) is 11.1 Å². The number of esters is 2. The SMILES string of the molecule is C=C(C)COCC(COC(=O)C(=C)C)Oc1ccc(-c2ccc(OC(=O)C(=C)C)cc2)cc1. The highest BCUT2D eigenvalue weighted by molar-refractivity contribution is 5.88. The van der Waals surface area contributed by atoms with Crippen LogP contribution in [0.15, 0.2) is 85.0 Å². The van der Waals surface area contributed by atoms with Crippen molar-refractivity contribution in [2.75, 3.05) is 19.8 Å². The van der Waals surface area contributed by atoms with Gasteiger partial charge < -0.3 is 18.9 Å². The van der Waals surface area contributed by atoms with Crippen LogP contribution in [0.5, 0.6) is 11.5 Å². The first-order valence-corrected chi connectivity index (χ1v) is 10.4. The number of hydrogen-bond donors (Lipinski definition) is 0. The Bertz CT molecular complexity index is 1000. The summed E-state index contributed by atoms with van der Waals surface area (Å²) in [5.74, 6) is 0.130. The molecule has 0 aromatic heterocycles. The maximum absolute atomic E-state index is 11.7. The van der Waals surface area contributed by atoms with E-state index in [-0.39, 0.29) is 13.2 Å². The van der Waals surface area contributed by atoms with Crippen LogP contribution in [0.3, 0.4) is 0 Å². The fourth-order valence-electron chi connectivity index (χ4n) is 2.60. The van der Waals surface area contributed by atoms with Gasteiger partial charge in [-0.25, -0.2) is 9.59 Å². The summed E-state index contributed by atoms with van der Waals surface area (Å²) in [6.07, 6.45) is -0.485. The number of ether oxygens (including phenoxy) is 4. The highest BCUT2D eigenvalue weighted by Crippen LogP contribution is 2.25. The van der Waals surface area contributed by atoms with E-state index in [1.54, 1.807) is 26.0 Å². The molecule has 0 saturated carbocycles. The van der Waals surface area contributed by atoms with Crippen molar-refractivity contribution >= 4 is 11.9 Å². The lowest BCUT2D eigenvalue weighted by atomic mass is 10.1. The molecule has 33 heavy (non-hydrogen) atoms. The van der Waals surface area contributed by atoms with Gasteiger partial charge in [-0.3, -0.25) is 0 Å². The van der Waals surface area contributed by atoms with Crippen LogP contribution in [0.2, 0.25) is 0 Å². The zero-order valence-corrected chi connectivity index (χ0v) is 19.4. The maximum atomic E-state index is 11.7. The van der Waals surface area contributed by atoms with Gasteiger partial charge in [-0.2, -0.15) is 0 Å². The van der Waals surface area contributed by atoms with Crippen LogP contribution >= 0.6 is 0 Å². The third kappa shape index (κ3) is 8.79. The minimum Gasteiger partial charge on any atom is -0.484 e. The first kappa shape index (κ1) is 25.6. The van der Waals surface area contributed by atoms with Gasteiger partial charge in [0.2, 0.25) is 0 Å². The summed E-state index contributed by atoms with van der Waals surface area (Å²) in [5.41, 5.74) is 3.46. The predicted octanol–water partition coefficient (Wildman–Crippen LogP) is 5.29. The molecule has 0 aliphatic rings. The summed E-state index contributed by atoms with van der Waals surface area (Å²) in [5, 5.41) is 0. The molecule has 0 saturated heterocycles. The molecule has 2 aromatic carbocycles. The molecular formula is C27H30O6. The Balaban J connectivity index is 2.03. The second kappa shape index (κ2) is 12.4. The molecule has 0 fully saturated rings. The summed E-state index contributed by atoms with van der Waals surface area (Å²) in [6.45, 7) is 16.7. The van der Waals surface area contributed by atoms with E-state index in [1.165, 1.54) is 0 Å². The molecule has 0 aliphatic heterocycles. The number of carbonyl (C=O) groups is 2. The first-order chi connectivity index (χ1) is 15.7. The largest absolute Gasteiger partial charge is 0.484 e. The van der Waals surface area contributed by atoms with Crippen LogP contribution in [0.1, 0.15) is 20.8 Å². The van der Waals surface area contributed by atoms with Crippen molar-refractivity contribution in [3.05, 3.63) is 85.0 Å². The van der Waals surface area contributed by atoms with E-state index in [2.05, 4.69) is 19.7 Å². The average Bonchev–Trinajstić information content (AvgIpc) is 2.77. The summed E-state index contributed by atoms with van der Waals surface area (Å²) in [4.78, 5) is 23.4. The molecule has 0 radical (unpaired) electrons. The number of rotatable bonds is 12. The zero-order valence-electron chi connectivity index (χ0n) is 19.4. The minimum absolute atomic E-state index is 0.0357. The first-order valence-electron chi connectivity index (χ1n) is 10.4. The van der Waals surface area contributed by atoms with Gasteiger partial charge in [0.15, 0.2) is 6.10 Å². The Hall–Kier alpha value is -3.64. The second-order valence-corrected chi connectivity index (χ2v) is 7.81. The van der Waals surface area contributed by atoms with E-state index in [0.717, 1.165) is 16.7 Å². The molecule has 6 nitrogen and oxygen atoms in total. The molecule has 0 bridgehead atoms. The lowest BCUT2D eigenvalue weighted by Gasteiger charge is -2.19. The molecule has 0 amide bonds. The van der Waals surface area contributed by atoms with E-state index in [4.69, 9.17) is 18.9 Å². The maximum Gasteiger partial charge on any atom is 0.338 e. The number of hydrogen-bond acceptors (Lipinski definition) is 6. The summed E-state index contributed by atoms with van der Waals surface area (Å²) < 4.78 is 22.0. The molecule has 0 N–H and O–H groups in total. The summed E-state index contributed by atoms with van der Waals surface area (Å²) in [6, 6.07) is 14.7. The lowest BCUT2D eigenvalue weighted by Crippen LogP contribution is -2.30. The molecule has 2 rings (SSSR count). The van der Waals surface area contributed by atoms with Crippen LogP contribution in [0.25, 0.3) is 11.1 Å². The molecule has 2 aromatic rings. The standard InChI is InChI=1S/C27H30O6/c1-18(2)15-30-16-25(17-31-26(28)19(3)4)32-23-11-7-21(8-12-23)22-9-13-24(14-10-22)33-27(29)20(5)6/h7-14,25H,1,3,5,15-17H2,2,4,6H3. The molecule has 174 valence electrons. The van der Waals surface area contributed by atoms with Gasteiger partial charge in [0.1, 0.15) is 18.1 Å². The van der Waals surface area contributed by atoms with Crippen LogP contribution in [-0.2, 0) is 19.1 Å². The number of carbonyl (C=O) groups excluding carboxylic acids is 2. The minimum atomic E-state index is -0.485. The molecule has 1 atom stereocenters. The van der Waals surface area contributed by atoms with E-state index < -0.39 is 18.0 Å². The monoisotopic (exact) mass is 450 g/mol. The highest BCUT2D eigenvalue weighted by atomic mass is 16.6. The van der Waals surface area contributed by atoms with Crippen molar-refractivity contribution in [1.29, 1.82) is 0 Å². The Morgan fingerprint density at radius 1 is 0.758 bits per heavy atom. The molecule has 0 heterocycles. The van der Waals surface area contributed by atoms with Gasteiger partial charge in [-0.1, -0.05) is 49.6 Å². The Labute approximate surface area is 195 Å². The predicted molar refractivity (Wildman–Crippen MR) is 128 cm³/mol. The van der Waals surface area contributed by atoms with E-state index in [1.807, 2.05) is 43.3 Å². The molecule has 0 aliphatic carbocycles. The van der Waals surface area contributed by atoms with Gasteiger partial charge in [0.05, 0.1) is 13.2 Å². The smallest absolute Gasteiger partial charge is 0.338 e. The fourth-order valence-corrected chi connectivity index (χ4v) is 2.60. The topological polar surface area (TPSA) is 71.1 Å². The van der Waals surface area contributed by atoms with Crippen molar-refractivity contribution in [1.82, 2.24) is 0 Å². The summed E-state index contributed by atoms with van der Waals surface area (Å²) >= 11 is 0. The van der Waals surface area contributed by atoms with Crippen LogP contribution < -0.4 is 9.47 Å². The van der Waals surface area contributed by atoms with E-state index >= 15 is 0 Å². The van der Waals surface area contributed by atoms with Crippen molar-refractivity contribution < 1.29 is 28.5 Å². The summed E-state index contributed by atoms with van der Waals surface area (Å²) in [7, 11) is 0. The quantitative estimate of drug-likeness (QED) is 0.189. The molecule has 6 heteroatoms. The van der Waals surface area contributed by atoms with Crippen LogP contribution in [0.4, 0.5) is 0 Å². The normalized spacial score (nSPS) is 11.2. The van der Waals surface area contributed by atoms with Crippen LogP contribution in [0, 0.1) is 0 Å². The molecule has 1 unspecified atom stereocenters. The van der Waals surface area contributed by atoms with E-state index in [9.17, 15) is 9.59 Å². The van der Waals surface area contributed by atoms with Gasteiger partial charge in [0.25, 0.3) is 0 Å². The molecular weight excluding hydrogens is 420 g/mol. The third-order valence-corrected chi connectivity index (χ3v) is 4.30.